The van der Waals surface area contributed by atoms with Gasteiger partial charge in [-0.25, -0.2) is 0 Å². The summed E-state index contributed by atoms with van der Waals surface area (Å²) in [5.41, 5.74) is -2.93. The zero-order valence-electron chi connectivity index (χ0n) is 9.69. The molecule has 0 spiro atoms. The summed E-state index contributed by atoms with van der Waals surface area (Å²) >= 11 is -0.0952. The second kappa shape index (κ2) is 6.02. The first-order chi connectivity index (χ1) is 7.96. The van der Waals surface area contributed by atoms with Crippen LogP contribution in [0.2, 0.25) is 0 Å². The van der Waals surface area contributed by atoms with Crippen LogP contribution < -0.4 is 0 Å². The van der Waals surface area contributed by atoms with Crippen molar-refractivity contribution in [1.82, 2.24) is 0 Å². The molecule has 0 aliphatic heterocycles. The first kappa shape index (κ1) is 14.0. The van der Waals surface area contributed by atoms with E-state index in [0.717, 1.165) is 5.56 Å². The number of hydrogen-bond acceptors (Lipinski definition) is 1. The number of thioether (sulfide) groups is 1. The molecule has 4 heteroatoms. The van der Waals surface area contributed by atoms with Crippen molar-refractivity contribution < 1.29 is 13.2 Å². The van der Waals surface area contributed by atoms with Gasteiger partial charge in [0.15, 0.2) is 0 Å². The quantitative estimate of drug-likeness (QED) is 0.551. The second-order valence-electron chi connectivity index (χ2n) is 3.39. The van der Waals surface area contributed by atoms with E-state index in [1.165, 1.54) is 0 Å². The Morgan fingerprint density at radius 1 is 1.24 bits per heavy atom. The van der Waals surface area contributed by atoms with Crippen molar-refractivity contribution in [1.29, 1.82) is 0 Å². The van der Waals surface area contributed by atoms with E-state index in [2.05, 4.69) is 11.8 Å². The molecule has 0 saturated carbocycles. The zero-order chi connectivity index (χ0) is 12.9. The van der Waals surface area contributed by atoms with Crippen molar-refractivity contribution in [3.63, 3.8) is 0 Å². The van der Waals surface area contributed by atoms with Gasteiger partial charge in [-0.2, -0.15) is 13.2 Å². The lowest BCUT2D eigenvalue weighted by Crippen LogP contribution is -2.00. The van der Waals surface area contributed by atoms with Crippen LogP contribution in [-0.4, -0.2) is 5.51 Å². The fourth-order valence-electron chi connectivity index (χ4n) is 1.28. The first-order valence-corrected chi connectivity index (χ1v) is 6.15. The summed E-state index contributed by atoms with van der Waals surface area (Å²) in [4.78, 5) is 0.192. The van der Waals surface area contributed by atoms with Gasteiger partial charge in [0.1, 0.15) is 0 Å². The summed E-state index contributed by atoms with van der Waals surface area (Å²) in [6.45, 7) is 3.78. The van der Waals surface area contributed by atoms with Crippen LogP contribution in [0.25, 0.3) is 0 Å². The molecule has 0 atom stereocenters. The summed E-state index contributed by atoms with van der Waals surface area (Å²) in [5.74, 6) is 5.56. The van der Waals surface area contributed by atoms with Crippen LogP contribution in [-0.2, 0) is 6.42 Å². The SMILES string of the molecule is CCC#Cc1ccc(CC)cc1SC(F)(F)F. The average Bonchev–Trinajstić information content (AvgIpc) is 2.25. The maximum atomic E-state index is 12.4. The molecule has 0 saturated heterocycles. The highest BCUT2D eigenvalue weighted by molar-refractivity contribution is 8.00. The van der Waals surface area contributed by atoms with Gasteiger partial charge < -0.3 is 0 Å². The van der Waals surface area contributed by atoms with Gasteiger partial charge in [-0.05, 0) is 35.9 Å². The molecule has 0 unspecified atom stereocenters. The van der Waals surface area contributed by atoms with Gasteiger partial charge in [-0.15, -0.1) is 0 Å². The Morgan fingerprint density at radius 3 is 2.47 bits per heavy atom. The van der Waals surface area contributed by atoms with E-state index in [9.17, 15) is 13.2 Å². The first-order valence-electron chi connectivity index (χ1n) is 5.33. The third-order valence-corrected chi connectivity index (χ3v) is 2.87. The van der Waals surface area contributed by atoms with Gasteiger partial charge >= 0.3 is 5.51 Å². The van der Waals surface area contributed by atoms with Crippen molar-refractivity contribution >= 4 is 11.8 Å². The van der Waals surface area contributed by atoms with Crippen molar-refractivity contribution in [3.8, 4) is 11.8 Å². The monoisotopic (exact) mass is 258 g/mol. The van der Waals surface area contributed by atoms with E-state index in [-0.39, 0.29) is 16.7 Å². The van der Waals surface area contributed by atoms with Crippen LogP contribution in [0.1, 0.15) is 31.4 Å². The molecule has 1 aromatic rings. The Kier molecular flexibility index (Phi) is 4.95. The molecule has 0 nitrogen and oxygen atoms in total. The Labute approximate surface area is 104 Å². The minimum absolute atomic E-state index is 0.0952. The van der Waals surface area contributed by atoms with Crippen molar-refractivity contribution in [2.45, 2.75) is 37.1 Å². The zero-order valence-corrected chi connectivity index (χ0v) is 10.5. The lowest BCUT2D eigenvalue weighted by Gasteiger charge is -2.09. The molecule has 0 N–H and O–H groups in total. The van der Waals surface area contributed by atoms with E-state index in [4.69, 9.17) is 0 Å². The maximum Gasteiger partial charge on any atom is 0.446 e. The van der Waals surface area contributed by atoms with E-state index in [0.29, 0.717) is 18.4 Å². The molecule has 1 rings (SSSR count). The van der Waals surface area contributed by atoms with Crippen LogP contribution in [0.5, 0.6) is 0 Å². The van der Waals surface area contributed by atoms with Gasteiger partial charge in [0.2, 0.25) is 0 Å². The summed E-state index contributed by atoms with van der Waals surface area (Å²) in [7, 11) is 0. The van der Waals surface area contributed by atoms with Crippen molar-refractivity contribution in [3.05, 3.63) is 29.3 Å². The topological polar surface area (TPSA) is 0 Å². The number of alkyl halides is 3. The number of rotatable bonds is 2. The highest BCUT2D eigenvalue weighted by Gasteiger charge is 2.30. The molecule has 1 aromatic carbocycles. The van der Waals surface area contributed by atoms with E-state index in [1.54, 1.807) is 12.1 Å². The summed E-state index contributed by atoms with van der Waals surface area (Å²) < 4.78 is 37.2. The second-order valence-corrected chi connectivity index (χ2v) is 4.49. The number of aryl methyl sites for hydroxylation is 1. The molecule has 0 fully saturated rings. The van der Waals surface area contributed by atoms with E-state index >= 15 is 0 Å². The predicted octanol–water partition coefficient (Wildman–Crippen LogP) is 4.62. The Hall–Kier alpha value is -1.08. The molecule has 0 aliphatic rings. The molecule has 0 bridgehead atoms. The molecule has 0 aromatic heterocycles. The average molecular weight is 258 g/mol. The molecule has 0 aliphatic carbocycles. The highest BCUT2D eigenvalue weighted by atomic mass is 32.2. The summed E-state index contributed by atoms with van der Waals surface area (Å²) in [6, 6.07) is 5.05. The number of benzene rings is 1. The lowest BCUT2D eigenvalue weighted by molar-refractivity contribution is -0.0328. The fourth-order valence-corrected chi connectivity index (χ4v) is 1.97. The van der Waals surface area contributed by atoms with E-state index < -0.39 is 5.51 Å². The van der Waals surface area contributed by atoms with Crippen molar-refractivity contribution in [2.75, 3.05) is 0 Å². The lowest BCUT2D eigenvalue weighted by atomic mass is 10.1. The van der Waals surface area contributed by atoms with E-state index in [1.807, 2.05) is 19.9 Å². The largest absolute Gasteiger partial charge is 0.446 e. The molecule has 0 radical (unpaired) electrons. The third kappa shape index (κ3) is 4.74. The molecular weight excluding hydrogens is 245 g/mol. The molecule has 17 heavy (non-hydrogen) atoms. The smallest absolute Gasteiger partial charge is 0.160 e. The van der Waals surface area contributed by atoms with Crippen LogP contribution in [0.15, 0.2) is 23.1 Å². The van der Waals surface area contributed by atoms with Gasteiger partial charge in [0, 0.05) is 16.9 Å². The van der Waals surface area contributed by atoms with Gasteiger partial charge in [-0.1, -0.05) is 31.8 Å². The Bertz CT molecular complexity index is 438. The molecule has 0 amide bonds. The molecule has 92 valence electrons. The third-order valence-electron chi connectivity index (χ3n) is 2.08. The van der Waals surface area contributed by atoms with Gasteiger partial charge in [0.05, 0.1) is 0 Å². The van der Waals surface area contributed by atoms with Crippen molar-refractivity contribution in [2.24, 2.45) is 0 Å². The molecular formula is C13H13F3S. The fraction of sp³-hybridized carbons (Fsp3) is 0.385. The van der Waals surface area contributed by atoms with Gasteiger partial charge in [0.25, 0.3) is 0 Å². The number of halogens is 3. The maximum absolute atomic E-state index is 12.4. The van der Waals surface area contributed by atoms with Crippen LogP contribution >= 0.6 is 11.8 Å². The predicted molar refractivity (Wildman–Crippen MR) is 64.9 cm³/mol. The highest BCUT2D eigenvalue weighted by Crippen LogP contribution is 2.38. The minimum Gasteiger partial charge on any atom is -0.160 e. The van der Waals surface area contributed by atoms with Crippen LogP contribution in [0, 0.1) is 11.8 Å². The minimum atomic E-state index is -4.27. The Balaban J connectivity index is 3.11. The van der Waals surface area contributed by atoms with Crippen LogP contribution in [0.4, 0.5) is 13.2 Å². The Morgan fingerprint density at radius 2 is 1.94 bits per heavy atom. The summed E-state index contributed by atoms with van der Waals surface area (Å²) in [5, 5.41) is 0. The van der Waals surface area contributed by atoms with Gasteiger partial charge in [-0.3, -0.25) is 0 Å². The molecule has 0 heterocycles. The summed E-state index contributed by atoms with van der Waals surface area (Å²) in [6.07, 6.45) is 1.35. The van der Waals surface area contributed by atoms with Crippen LogP contribution in [0.3, 0.4) is 0 Å². The number of hydrogen-bond donors (Lipinski definition) is 0. The standard InChI is InChI=1S/C13H13F3S/c1-3-5-6-11-8-7-10(4-2)9-12(11)17-13(14,15)16/h7-9H,3-4H2,1-2H3. The normalized spacial score (nSPS) is 10.9.